The number of benzene rings is 3. The van der Waals surface area contributed by atoms with Crippen LogP contribution < -0.4 is 9.80 Å². The number of aromatic nitrogens is 2. The van der Waals surface area contributed by atoms with Crippen LogP contribution in [0.1, 0.15) is 0 Å². The summed E-state index contributed by atoms with van der Waals surface area (Å²) >= 11 is 6.38. The molecule has 0 atom stereocenters. The lowest BCUT2D eigenvalue weighted by molar-refractivity contribution is 0.641. The van der Waals surface area contributed by atoms with Crippen LogP contribution in [0.25, 0.3) is 22.2 Å². The van der Waals surface area contributed by atoms with Gasteiger partial charge < -0.3 is 9.80 Å². The Hall–Kier alpha value is -3.11. The van der Waals surface area contributed by atoms with Gasteiger partial charge in [0.1, 0.15) is 0 Å². The minimum atomic E-state index is 0.793. The number of anilines is 2. The highest BCUT2D eigenvalue weighted by molar-refractivity contribution is 6.33. The van der Waals surface area contributed by atoms with Gasteiger partial charge in [0.05, 0.1) is 21.9 Å². The van der Waals surface area contributed by atoms with Crippen LogP contribution in [0.2, 0.25) is 5.02 Å². The summed E-state index contributed by atoms with van der Waals surface area (Å²) in [7, 11) is 0. The molecular weight excluding hydrogens is 380 g/mol. The molecule has 0 spiro atoms. The van der Waals surface area contributed by atoms with Gasteiger partial charge in [0.2, 0.25) is 5.95 Å². The lowest BCUT2D eigenvalue weighted by Crippen LogP contribution is -2.47. The van der Waals surface area contributed by atoms with Crippen molar-refractivity contribution >= 4 is 34.1 Å². The average Bonchev–Trinajstić information content (AvgIpc) is 2.79. The van der Waals surface area contributed by atoms with Gasteiger partial charge >= 0.3 is 0 Å². The molecular formula is C24H21ClN4. The molecule has 0 bridgehead atoms. The Morgan fingerprint density at radius 2 is 1.31 bits per heavy atom. The first-order valence-corrected chi connectivity index (χ1v) is 10.2. The van der Waals surface area contributed by atoms with Gasteiger partial charge in [0, 0.05) is 37.1 Å². The van der Waals surface area contributed by atoms with Crippen molar-refractivity contribution in [1.82, 2.24) is 9.97 Å². The van der Waals surface area contributed by atoms with Gasteiger partial charge in [0.15, 0.2) is 0 Å². The Morgan fingerprint density at radius 1 is 0.655 bits per heavy atom. The van der Waals surface area contributed by atoms with Crippen molar-refractivity contribution in [3.05, 3.63) is 83.9 Å². The van der Waals surface area contributed by atoms with E-state index in [1.54, 1.807) is 0 Å². The fraction of sp³-hybridized carbons (Fsp3) is 0.167. The molecule has 0 saturated carbocycles. The first kappa shape index (κ1) is 18.0. The first-order valence-electron chi connectivity index (χ1n) is 9.86. The maximum atomic E-state index is 6.38. The molecule has 144 valence electrons. The summed E-state index contributed by atoms with van der Waals surface area (Å²) in [6.45, 7) is 3.50. The van der Waals surface area contributed by atoms with Crippen molar-refractivity contribution < 1.29 is 0 Å². The van der Waals surface area contributed by atoms with Gasteiger partial charge in [-0.1, -0.05) is 72.3 Å². The van der Waals surface area contributed by atoms with E-state index < -0.39 is 0 Å². The number of rotatable bonds is 3. The van der Waals surface area contributed by atoms with E-state index in [0.717, 1.165) is 65.0 Å². The van der Waals surface area contributed by atoms with Crippen LogP contribution in [0.5, 0.6) is 0 Å². The number of halogens is 1. The third kappa shape index (κ3) is 3.52. The quantitative estimate of drug-likeness (QED) is 0.468. The minimum Gasteiger partial charge on any atom is -0.367 e. The van der Waals surface area contributed by atoms with Crippen LogP contribution >= 0.6 is 11.6 Å². The standard InChI is InChI=1S/C24H21ClN4/c25-20-11-5-7-13-22(20)28-14-16-29(17-15-28)24-26-21-12-6-4-10-19(21)23(27-24)18-8-2-1-3-9-18/h1-13H,14-17H2. The summed E-state index contributed by atoms with van der Waals surface area (Å²) in [5, 5.41) is 1.88. The number of fused-ring (bicyclic) bond motifs is 1. The van der Waals surface area contributed by atoms with E-state index in [1.807, 2.05) is 48.5 Å². The van der Waals surface area contributed by atoms with E-state index >= 15 is 0 Å². The van der Waals surface area contributed by atoms with Crippen molar-refractivity contribution in [2.45, 2.75) is 0 Å². The van der Waals surface area contributed by atoms with E-state index in [9.17, 15) is 0 Å². The number of piperazine rings is 1. The molecule has 3 aromatic carbocycles. The van der Waals surface area contributed by atoms with Crippen LogP contribution in [0.3, 0.4) is 0 Å². The van der Waals surface area contributed by atoms with Crippen LogP contribution in [-0.2, 0) is 0 Å². The van der Waals surface area contributed by atoms with Crippen molar-refractivity contribution in [3.63, 3.8) is 0 Å². The second kappa shape index (κ2) is 7.72. The Labute approximate surface area is 175 Å². The highest BCUT2D eigenvalue weighted by Gasteiger charge is 2.22. The molecule has 2 heterocycles. The number of para-hydroxylation sites is 2. The summed E-state index contributed by atoms with van der Waals surface area (Å²) < 4.78 is 0. The summed E-state index contributed by atoms with van der Waals surface area (Å²) in [5.74, 6) is 0.793. The molecule has 1 aliphatic rings. The second-order valence-corrected chi connectivity index (χ2v) is 7.59. The molecule has 4 nitrogen and oxygen atoms in total. The summed E-state index contributed by atoms with van der Waals surface area (Å²) in [5.41, 5.74) is 4.17. The zero-order valence-electron chi connectivity index (χ0n) is 16.0. The maximum Gasteiger partial charge on any atom is 0.226 e. The average molecular weight is 401 g/mol. The minimum absolute atomic E-state index is 0.793. The van der Waals surface area contributed by atoms with Crippen molar-refractivity contribution in [3.8, 4) is 11.3 Å². The van der Waals surface area contributed by atoms with Gasteiger partial charge in [-0.3, -0.25) is 0 Å². The lowest BCUT2D eigenvalue weighted by atomic mass is 10.1. The van der Waals surface area contributed by atoms with Crippen LogP contribution in [0.15, 0.2) is 78.9 Å². The molecule has 0 N–H and O–H groups in total. The van der Waals surface area contributed by atoms with E-state index in [0.29, 0.717) is 0 Å². The molecule has 1 aromatic heterocycles. The highest BCUT2D eigenvalue weighted by Crippen LogP contribution is 2.30. The zero-order chi connectivity index (χ0) is 19.6. The van der Waals surface area contributed by atoms with Gasteiger partial charge in [-0.25, -0.2) is 9.97 Å². The topological polar surface area (TPSA) is 32.3 Å². The largest absolute Gasteiger partial charge is 0.367 e. The van der Waals surface area contributed by atoms with Gasteiger partial charge in [-0.2, -0.15) is 0 Å². The van der Waals surface area contributed by atoms with Gasteiger partial charge in [-0.05, 0) is 18.2 Å². The Kier molecular flexibility index (Phi) is 4.78. The smallest absolute Gasteiger partial charge is 0.226 e. The monoisotopic (exact) mass is 400 g/mol. The number of hydrogen-bond donors (Lipinski definition) is 0. The molecule has 1 aliphatic heterocycles. The fourth-order valence-electron chi connectivity index (χ4n) is 3.88. The highest BCUT2D eigenvalue weighted by atomic mass is 35.5. The number of nitrogens with zero attached hydrogens (tertiary/aromatic N) is 4. The predicted octanol–water partition coefficient (Wildman–Crippen LogP) is 5.28. The van der Waals surface area contributed by atoms with Crippen molar-refractivity contribution in [1.29, 1.82) is 0 Å². The first-order chi connectivity index (χ1) is 14.3. The summed E-state index contributed by atoms with van der Waals surface area (Å²) in [6, 6.07) is 26.6. The molecule has 5 rings (SSSR count). The molecule has 0 aliphatic carbocycles. The molecule has 0 radical (unpaired) electrons. The molecule has 1 saturated heterocycles. The maximum absolute atomic E-state index is 6.38. The van der Waals surface area contributed by atoms with E-state index in [-0.39, 0.29) is 0 Å². The summed E-state index contributed by atoms with van der Waals surface area (Å²) in [4.78, 5) is 14.5. The SMILES string of the molecule is Clc1ccccc1N1CCN(c2nc(-c3ccccc3)c3ccccc3n2)CC1. The Balaban J connectivity index is 1.46. The molecule has 0 unspecified atom stereocenters. The third-order valence-electron chi connectivity index (χ3n) is 5.39. The van der Waals surface area contributed by atoms with E-state index in [2.05, 4.69) is 40.1 Å². The van der Waals surface area contributed by atoms with Crippen molar-refractivity contribution in [2.75, 3.05) is 36.0 Å². The lowest BCUT2D eigenvalue weighted by Gasteiger charge is -2.36. The normalized spacial score (nSPS) is 14.4. The van der Waals surface area contributed by atoms with Crippen molar-refractivity contribution in [2.24, 2.45) is 0 Å². The number of hydrogen-bond acceptors (Lipinski definition) is 4. The third-order valence-corrected chi connectivity index (χ3v) is 5.71. The molecule has 1 fully saturated rings. The van der Waals surface area contributed by atoms with Gasteiger partial charge in [0.25, 0.3) is 0 Å². The molecule has 5 heteroatoms. The second-order valence-electron chi connectivity index (χ2n) is 7.18. The molecule has 0 amide bonds. The molecule has 29 heavy (non-hydrogen) atoms. The predicted molar refractivity (Wildman–Crippen MR) is 121 cm³/mol. The fourth-order valence-corrected chi connectivity index (χ4v) is 4.13. The van der Waals surface area contributed by atoms with E-state index in [4.69, 9.17) is 21.6 Å². The van der Waals surface area contributed by atoms with Gasteiger partial charge in [-0.15, -0.1) is 0 Å². The zero-order valence-corrected chi connectivity index (χ0v) is 16.8. The van der Waals surface area contributed by atoms with Crippen LogP contribution in [0, 0.1) is 0 Å². The Bertz CT molecular complexity index is 1140. The van der Waals surface area contributed by atoms with Crippen LogP contribution in [-0.4, -0.2) is 36.1 Å². The van der Waals surface area contributed by atoms with E-state index in [1.165, 1.54) is 0 Å². The summed E-state index contributed by atoms with van der Waals surface area (Å²) in [6.07, 6.45) is 0. The molecule has 4 aromatic rings. The van der Waals surface area contributed by atoms with Crippen LogP contribution in [0.4, 0.5) is 11.6 Å². The Morgan fingerprint density at radius 3 is 2.10 bits per heavy atom.